The molecule has 0 bridgehead atoms. The van der Waals surface area contributed by atoms with Gasteiger partial charge < -0.3 is 14.4 Å². The lowest BCUT2D eigenvalue weighted by Crippen LogP contribution is -2.55. The summed E-state index contributed by atoms with van der Waals surface area (Å²) in [5.41, 5.74) is 2.74. The third kappa shape index (κ3) is 8.50. The van der Waals surface area contributed by atoms with E-state index in [9.17, 15) is 27.2 Å². The first kappa shape index (κ1) is 31.4. The molecule has 3 aromatic rings. The van der Waals surface area contributed by atoms with Crippen LogP contribution in [0.1, 0.15) is 55.5 Å². The number of halogens is 1. The van der Waals surface area contributed by atoms with Crippen LogP contribution in [0.4, 0.5) is 10.1 Å². The number of benzene rings is 3. The van der Waals surface area contributed by atoms with Gasteiger partial charge in [0.05, 0.1) is 24.8 Å². The maximum atomic E-state index is 13.6. The first-order chi connectivity index (χ1) is 20.4. The van der Waals surface area contributed by atoms with E-state index < -0.39 is 39.8 Å². The summed E-state index contributed by atoms with van der Waals surface area (Å²) in [6, 6.07) is 19.3. The second-order valence-corrected chi connectivity index (χ2v) is 11.9. The number of sulfonamides is 1. The molecule has 1 amide bonds. The van der Waals surface area contributed by atoms with Crippen molar-refractivity contribution in [3.05, 3.63) is 95.3 Å². The number of ether oxygens (including phenoxy) is 2. The first-order valence-electron chi connectivity index (χ1n) is 13.5. The Morgan fingerprint density at radius 1 is 0.977 bits per heavy atom. The molecule has 3 aromatic carbocycles. The minimum Gasteiger partial charge on any atom is -0.458 e. The van der Waals surface area contributed by atoms with E-state index in [1.54, 1.807) is 65.6 Å². The van der Waals surface area contributed by atoms with Gasteiger partial charge in [-0.15, -0.1) is 0 Å². The van der Waals surface area contributed by atoms with Gasteiger partial charge in [-0.2, -0.15) is 0 Å². The van der Waals surface area contributed by atoms with Crippen molar-refractivity contribution in [1.29, 1.82) is 0 Å². The van der Waals surface area contributed by atoms with Crippen LogP contribution in [0, 0.1) is 23.6 Å². The fourth-order valence-corrected chi connectivity index (χ4v) is 5.25. The van der Waals surface area contributed by atoms with Crippen LogP contribution in [0.15, 0.2) is 72.8 Å². The van der Waals surface area contributed by atoms with Crippen molar-refractivity contribution in [3.8, 4) is 17.6 Å². The maximum Gasteiger partial charge on any atom is 0.308 e. The molecule has 0 aromatic heterocycles. The summed E-state index contributed by atoms with van der Waals surface area (Å²) in [6.07, 6.45) is 1.13. The molecule has 1 aliphatic rings. The van der Waals surface area contributed by atoms with Crippen molar-refractivity contribution in [3.63, 3.8) is 0 Å². The van der Waals surface area contributed by atoms with Gasteiger partial charge in [-0.3, -0.25) is 14.4 Å². The van der Waals surface area contributed by atoms with E-state index in [0.717, 1.165) is 11.8 Å². The topological polar surface area (TPSA) is 119 Å². The van der Waals surface area contributed by atoms with Crippen LogP contribution < -0.4 is 14.4 Å². The van der Waals surface area contributed by atoms with Crippen LogP contribution in [0.25, 0.3) is 0 Å². The largest absolute Gasteiger partial charge is 0.458 e. The second kappa shape index (κ2) is 13.6. The zero-order valence-electron chi connectivity index (χ0n) is 23.9. The number of hydrogen-bond donors (Lipinski definition) is 1. The molecule has 224 valence electrons. The summed E-state index contributed by atoms with van der Waals surface area (Å²) >= 11 is 0. The molecule has 9 nitrogen and oxygen atoms in total. The molecule has 11 heteroatoms. The van der Waals surface area contributed by atoms with Crippen LogP contribution >= 0.6 is 0 Å². The number of rotatable bonds is 10. The van der Waals surface area contributed by atoms with Gasteiger partial charge in [0.15, 0.2) is 0 Å². The second-order valence-electron chi connectivity index (χ2n) is 10.1. The Morgan fingerprint density at radius 3 is 2.21 bits per heavy atom. The van der Waals surface area contributed by atoms with Crippen molar-refractivity contribution >= 4 is 33.6 Å². The molecule has 1 fully saturated rings. The van der Waals surface area contributed by atoms with Crippen molar-refractivity contribution in [2.24, 2.45) is 5.92 Å². The number of β-lactam (4-membered cyclic amide) rings is 1. The Morgan fingerprint density at radius 2 is 1.63 bits per heavy atom. The Balaban J connectivity index is 1.57. The normalized spacial score (nSPS) is 16.8. The number of nitrogens with one attached hydrogen (secondary N) is 1. The maximum absolute atomic E-state index is 13.6. The van der Waals surface area contributed by atoms with E-state index in [1.807, 2.05) is 0 Å². The Bertz CT molecular complexity index is 1640. The summed E-state index contributed by atoms with van der Waals surface area (Å²) < 4.78 is 48.9. The smallest absolute Gasteiger partial charge is 0.308 e. The molecule has 0 spiro atoms. The van der Waals surface area contributed by atoms with Crippen LogP contribution in [0.5, 0.6) is 5.75 Å². The molecule has 1 saturated heterocycles. The van der Waals surface area contributed by atoms with Crippen LogP contribution in [0.3, 0.4) is 0 Å². The van der Waals surface area contributed by atoms with Gasteiger partial charge in [0.1, 0.15) is 17.7 Å². The van der Waals surface area contributed by atoms with Crippen LogP contribution in [-0.2, 0) is 29.1 Å². The predicted molar refractivity (Wildman–Crippen MR) is 158 cm³/mol. The Kier molecular flexibility index (Phi) is 9.95. The van der Waals surface area contributed by atoms with Gasteiger partial charge in [0.25, 0.3) is 0 Å². The molecule has 1 heterocycles. The quantitative estimate of drug-likeness (QED) is 0.157. The highest BCUT2D eigenvalue weighted by molar-refractivity contribution is 7.88. The summed E-state index contributed by atoms with van der Waals surface area (Å²) in [5.74, 6) is 4.11. The zero-order valence-corrected chi connectivity index (χ0v) is 24.7. The summed E-state index contributed by atoms with van der Waals surface area (Å²) in [5, 5.41) is 0. The average Bonchev–Trinajstić information content (AvgIpc) is 2.94. The SMILES string of the molecule is CC(=O)Oc1ccc([C@@H]2C(CC[C@H](OC(C)=O)c3ccc(F)cc3)C(=O)N2c2ccc(C#CCNS(C)(=O)=O)cc2)cc1. The lowest BCUT2D eigenvalue weighted by atomic mass is 9.78. The number of hydrogen-bond acceptors (Lipinski definition) is 7. The molecule has 4 rings (SSSR count). The molecule has 1 N–H and O–H groups in total. The third-order valence-electron chi connectivity index (χ3n) is 6.79. The number of anilines is 1. The highest BCUT2D eigenvalue weighted by Gasteiger charge is 2.48. The Hall–Kier alpha value is -4.53. The zero-order chi connectivity index (χ0) is 31.1. The highest BCUT2D eigenvalue weighted by Crippen LogP contribution is 2.46. The standard InChI is InChI=1S/C32H31FN2O7S/c1-21(36)41-28-16-10-25(11-17-28)31-29(18-19-30(42-22(2)37)24-8-12-26(33)13-9-24)32(38)35(31)27-14-6-23(7-15-27)5-4-20-34-43(3,39)40/h6-17,29-31,34H,18-20H2,1-3H3/t29?,30-,31+/m0/s1. The molecule has 3 atom stereocenters. The summed E-state index contributed by atoms with van der Waals surface area (Å²) in [4.78, 5) is 38.4. The first-order valence-corrected chi connectivity index (χ1v) is 15.4. The molecule has 0 aliphatic carbocycles. The average molecular weight is 607 g/mol. The minimum atomic E-state index is -3.34. The monoisotopic (exact) mass is 606 g/mol. The van der Waals surface area contributed by atoms with E-state index in [1.165, 1.54) is 26.0 Å². The molecule has 1 aliphatic heterocycles. The lowest BCUT2D eigenvalue weighted by Gasteiger charge is -2.48. The molecule has 0 saturated carbocycles. The van der Waals surface area contributed by atoms with Crippen molar-refractivity contribution in [2.45, 2.75) is 38.8 Å². The summed E-state index contributed by atoms with van der Waals surface area (Å²) in [6.45, 7) is 2.59. The molecule has 1 unspecified atom stereocenters. The van der Waals surface area contributed by atoms with Gasteiger partial charge in [-0.05, 0) is 72.5 Å². The van der Waals surface area contributed by atoms with Gasteiger partial charge in [-0.25, -0.2) is 17.5 Å². The van der Waals surface area contributed by atoms with Crippen molar-refractivity contribution in [1.82, 2.24) is 4.72 Å². The molecular formula is C32H31FN2O7S. The van der Waals surface area contributed by atoms with E-state index in [-0.39, 0.29) is 18.5 Å². The van der Waals surface area contributed by atoms with Crippen molar-refractivity contribution in [2.75, 3.05) is 17.7 Å². The number of amides is 1. The van der Waals surface area contributed by atoms with E-state index in [2.05, 4.69) is 16.6 Å². The number of carbonyl (C=O) groups excluding carboxylic acids is 3. The van der Waals surface area contributed by atoms with Gasteiger partial charge in [-0.1, -0.05) is 36.1 Å². The number of carbonyl (C=O) groups is 3. The fraction of sp³-hybridized carbons (Fsp3) is 0.281. The molecule has 43 heavy (non-hydrogen) atoms. The highest BCUT2D eigenvalue weighted by atomic mass is 32.2. The van der Waals surface area contributed by atoms with E-state index in [4.69, 9.17) is 9.47 Å². The fourth-order valence-electron chi connectivity index (χ4n) is 4.92. The molecular weight excluding hydrogens is 575 g/mol. The Labute approximate surface area is 250 Å². The van der Waals surface area contributed by atoms with E-state index >= 15 is 0 Å². The lowest BCUT2D eigenvalue weighted by molar-refractivity contribution is -0.147. The van der Waals surface area contributed by atoms with Crippen LogP contribution in [-0.4, -0.2) is 39.1 Å². The van der Waals surface area contributed by atoms with Gasteiger partial charge in [0.2, 0.25) is 15.9 Å². The number of nitrogens with zero attached hydrogens (tertiary/aromatic N) is 1. The predicted octanol–water partition coefficient (Wildman–Crippen LogP) is 4.44. The van der Waals surface area contributed by atoms with Crippen LogP contribution in [0.2, 0.25) is 0 Å². The van der Waals surface area contributed by atoms with E-state index in [0.29, 0.717) is 35.4 Å². The number of esters is 2. The van der Waals surface area contributed by atoms with Gasteiger partial charge >= 0.3 is 11.9 Å². The summed E-state index contributed by atoms with van der Waals surface area (Å²) in [7, 11) is -3.34. The minimum absolute atomic E-state index is 0.0233. The third-order valence-corrected chi connectivity index (χ3v) is 7.46. The van der Waals surface area contributed by atoms with Crippen molar-refractivity contribution < 1.29 is 36.7 Å². The molecule has 0 radical (unpaired) electrons. The van der Waals surface area contributed by atoms with Gasteiger partial charge in [0, 0.05) is 25.1 Å².